The zero-order valence-corrected chi connectivity index (χ0v) is 19.9. The second-order valence-electron chi connectivity index (χ2n) is 8.56. The van der Waals surface area contributed by atoms with Crippen molar-refractivity contribution in [1.82, 2.24) is 4.90 Å². The molecule has 1 N–H and O–H groups in total. The molecule has 0 spiro atoms. The number of nitrogens with zero attached hydrogens (tertiary/aromatic N) is 2. The molecular weight excluding hydrogens is 434 g/mol. The summed E-state index contributed by atoms with van der Waals surface area (Å²) in [6.07, 6.45) is 0. The lowest BCUT2D eigenvalue weighted by Gasteiger charge is -2.36. The summed E-state index contributed by atoms with van der Waals surface area (Å²) >= 11 is 6.31. The maximum Gasteiger partial charge on any atom is 0.262 e. The minimum Gasteiger partial charge on any atom is -0.484 e. The number of aryl methyl sites for hydroxylation is 2. The number of amides is 1. The van der Waals surface area contributed by atoms with E-state index >= 15 is 0 Å². The molecule has 0 aliphatic carbocycles. The van der Waals surface area contributed by atoms with E-state index in [4.69, 9.17) is 16.3 Å². The fourth-order valence-corrected chi connectivity index (χ4v) is 4.34. The molecule has 1 heterocycles. The van der Waals surface area contributed by atoms with Gasteiger partial charge in [-0.2, -0.15) is 0 Å². The number of carbonyl (C=O) groups is 1. The molecule has 0 radical (unpaired) electrons. The molecule has 0 unspecified atom stereocenters. The minimum absolute atomic E-state index is 0.0158. The number of rotatable bonds is 7. The van der Waals surface area contributed by atoms with Gasteiger partial charge >= 0.3 is 0 Å². The molecule has 0 atom stereocenters. The Labute approximate surface area is 200 Å². The summed E-state index contributed by atoms with van der Waals surface area (Å²) in [4.78, 5) is 17.1. The van der Waals surface area contributed by atoms with Gasteiger partial charge in [0, 0.05) is 49.1 Å². The van der Waals surface area contributed by atoms with Crippen LogP contribution in [0.3, 0.4) is 0 Å². The van der Waals surface area contributed by atoms with Gasteiger partial charge in [-0.25, -0.2) is 0 Å². The number of benzene rings is 3. The van der Waals surface area contributed by atoms with E-state index in [1.54, 1.807) is 0 Å². The standard InChI is InChI=1S/C27H30ClN3O2/c1-20-15-21(2)17-25(16-20)33-19-27(32)29-23-7-9-24(10-8-23)31-13-11-30(12-14-31)18-22-5-3-4-6-26(22)28/h3-10,15-17H,11-14,18-19H2,1-2H3,(H,29,32). The van der Waals surface area contributed by atoms with E-state index in [1.807, 2.05) is 56.3 Å². The zero-order chi connectivity index (χ0) is 23.2. The number of nitrogens with one attached hydrogen (secondary N) is 1. The molecule has 1 amide bonds. The molecule has 0 bridgehead atoms. The van der Waals surface area contributed by atoms with Crippen LogP contribution in [0, 0.1) is 13.8 Å². The molecule has 3 aromatic carbocycles. The molecule has 3 aromatic rings. The second kappa shape index (κ2) is 10.7. The minimum atomic E-state index is -0.171. The Hall–Kier alpha value is -3.02. The Morgan fingerprint density at radius 1 is 0.939 bits per heavy atom. The average Bonchev–Trinajstić information content (AvgIpc) is 2.80. The van der Waals surface area contributed by atoms with E-state index in [-0.39, 0.29) is 12.5 Å². The smallest absolute Gasteiger partial charge is 0.262 e. The van der Waals surface area contributed by atoms with Gasteiger partial charge in [-0.15, -0.1) is 0 Å². The third kappa shape index (κ3) is 6.50. The Morgan fingerprint density at radius 3 is 2.27 bits per heavy atom. The van der Waals surface area contributed by atoms with Crippen molar-refractivity contribution in [2.45, 2.75) is 20.4 Å². The number of piperazine rings is 1. The Bertz CT molecular complexity index is 1070. The predicted octanol–water partition coefficient (Wildman–Crippen LogP) is 5.30. The third-order valence-electron chi connectivity index (χ3n) is 5.81. The molecule has 1 fully saturated rings. The molecule has 1 aliphatic rings. The van der Waals surface area contributed by atoms with Crippen molar-refractivity contribution in [2.75, 3.05) is 43.0 Å². The molecular formula is C27H30ClN3O2. The summed E-state index contributed by atoms with van der Waals surface area (Å²) in [5, 5.41) is 3.74. The molecule has 0 saturated carbocycles. The predicted molar refractivity (Wildman–Crippen MR) is 135 cm³/mol. The lowest BCUT2D eigenvalue weighted by molar-refractivity contribution is -0.118. The first-order valence-corrected chi connectivity index (χ1v) is 11.7. The van der Waals surface area contributed by atoms with E-state index in [1.165, 1.54) is 5.56 Å². The van der Waals surface area contributed by atoms with E-state index in [0.717, 1.165) is 60.2 Å². The summed E-state index contributed by atoms with van der Waals surface area (Å²) in [5.74, 6) is 0.543. The first-order valence-electron chi connectivity index (χ1n) is 11.3. The normalized spacial score (nSPS) is 14.2. The number of halogens is 1. The molecule has 1 saturated heterocycles. The number of carbonyl (C=O) groups excluding carboxylic acids is 1. The van der Waals surface area contributed by atoms with Gasteiger partial charge in [0.2, 0.25) is 0 Å². The van der Waals surface area contributed by atoms with Crippen molar-refractivity contribution in [2.24, 2.45) is 0 Å². The van der Waals surface area contributed by atoms with Gasteiger partial charge in [-0.05, 0) is 73.0 Å². The molecule has 5 nitrogen and oxygen atoms in total. The molecule has 172 valence electrons. The van der Waals surface area contributed by atoms with Crippen molar-refractivity contribution in [1.29, 1.82) is 0 Å². The fraction of sp³-hybridized carbons (Fsp3) is 0.296. The lowest BCUT2D eigenvalue weighted by atomic mass is 10.1. The van der Waals surface area contributed by atoms with E-state index in [0.29, 0.717) is 5.75 Å². The van der Waals surface area contributed by atoms with E-state index in [9.17, 15) is 4.79 Å². The topological polar surface area (TPSA) is 44.8 Å². The van der Waals surface area contributed by atoms with Crippen LogP contribution >= 0.6 is 11.6 Å². The van der Waals surface area contributed by atoms with Crippen LogP contribution in [-0.2, 0) is 11.3 Å². The molecule has 33 heavy (non-hydrogen) atoms. The van der Waals surface area contributed by atoms with Crippen molar-refractivity contribution < 1.29 is 9.53 Å². The Balaban J connectivity index is 1.24. The number of hydrogen-bond acceptors (Lipinski definition) is 4. The SMILES string of the molecule is Cc1cc(C)cc(OCC(=O)Nc2ccc(N3CCN(Cc4ccccc4Cl)CC3)cc2)c1. The van der Waals surface area contributed by atoms with Gasteiger partial charge in [0.15, 0.2) is 6.61 Å². The number of ether oxygens (including phenoxy) is 1. The highest BCUT2D eigenvalue weighted by Gasteiger charge is 2.18. The number of hydrogen-bond donors (Lipinski definition) is 1. The van der Waals surface area contributed by atoms with Crippen LogP contribution in [0.25, 0.3) is 0 Å². The largest absolute Gasteiger partial charge is 0.484 e. The van der Waals surface area contributed by atoms with Crippen LogP contribution in [0.15, 0.2) is 66.7 Å². The maximum atomic E-state index is 12.3. The quantitative estimate of drug-likeness (QED) is 0.516. The number of anilines is 2. The van der Waals surface area contributed by atoms with Crippen molar-refractivity contribution in [3.63, 3.8) is 0 Å². The van der Waals surface area contributed by atoms with Gasteiger partial charge < -0.3 is 15.0 Å². The Kier molecular flexibility index (Phi) is 7.53. The van der Waals surface area contributed by atoms with Crippen LogP contribution < -0.4 is 15.0 Å². The van der Waals surface area contributed by atoms with Gasteiger partial charge in [0.1, 0.15) is 5.75 Å². The van der Waals surface area contributed by atoms with E-state index in [2.05, 4.69) is 39.4 Å². The summed E-state index contributed by atoms with van der Waals surface area (Å²) in [6, 6.07) is 22.0. The van der Waals surface area contributed by atoms with E-state index < -0.39 is 0 Å². The van der Waals surface area contributed by atoms with Crippen LogP contribution in [0.2, 0.25) is 5.02 Å². The van der Waals surface area contributed by atoms with Crippen LogP contribution in [0.1, 0.15) is 16.7 Å². The molecule has 4 rings (SSSR count). The highest BCUT2D eigenvalue weighted by molar-refractivity contribution is 6.31. The average molecular weight is 464 g/mol. The summed E-state index contributed by atoms with van der Waals surface area (Å²) in [7, 11) is 0. The summed E-state index contributed by atoms with van der Waals surface area (Å²) in [6.45, 7) is 8.78. The molecule has 1 aliphatic heterocycles. The first kappa shape index (κ1) is 23.1. The first-order chi connectivity index (χ1) is 16.0. The maximum absolute atomic E-state index is 12.3. The second-order valence-corrected chi connectivity index (χ2v) is 8.97. The van der Waals surface area contributed by atoms with Crippen LogP contribution in [-0.4, -0.2) is 43.6 Å². The monoisotopic (exact) mass is 463 g/mol. The van der Waals surface area contributed by atoms with Gasteiger partial charge in [0.05, 0.1) is 0 Å². The molecule has 0 aromatic heterocycles. The van der Waals surface area contributed by atoms with Crippen LogP contribution in [0.5, 0.6) is 5.75 Å². The highest BCUT2D eigenvalue weighted by Crippen LogP contribution is 2.22. The van der Waals surface area contributed by atoms with Crippen molar-refractivity contribution in [3.05, 3.63) is 88.4 Å². The summed E-state index contributed by atoms with van der Waals surface area (Å²) in [5.41, 5.74) is 5.34. The van der Waals surface area contributed by atoms with Gasteiger partial charge in [-0.3, -0.25) is 9.69 Å². The van der Waals surface area contributed by atoms with Gasteiger partial charge in [-0.1, -0.05) is 35.9 Å². The lowest BCUT2D eigenvalue weighted by Crippen LogP contribution is -2.46. The Morgan fingerprint density at radius 2 is 1.61 bits per heavy atom. The van der Waals surface area contributed by atoms with Gasteiger partial charge in [0.25, 0.3) is 5.91 Å². The van der Waals surface area contributed by atoms with Crippen molar-refractivity contribution in [3.8, 4) is 5.75 Å². The summed E-state index contributed by atoms with van der Waals surface area (Å²) < 4.78 is 5.65. The zero-order valence-electron chi connectivity index (χ0n) is 19.2. The van der Waals surface area contributed by atoms with Crippen molar-refractivity contribution >= 4 is 28.9 Å². The third-order valence-corrected chi connectivity index (χ3v) is 6.17. The highest BCUT2D eigenvalue weighted by atomic mass is 35.5. The van der Waals surface area contributed by atoms with Crippen LogP contribution in [0.4, 0.5) is 11.4 Å². The molecule has 6 heteroatoms. The fourth-order valence-electron chi connectivity index (χ4n) is 4.15.